The van der Waals surface area contributed by atoms with Crippen LogP contribution in [0.25, 0.3) is 0 Å². The van der Waals surface area contributed by atoms with E-state index in [1.54, 1.807) is 0 Å². The predicted octanol–water partition coefficient (Wildman–Crippen LogP) is 2.63. The van der Waals surface area contributed by atoms with E-state index in [2.05, 4.69) is 36.8 Å². The molecule has 0 unspecified atom stereocenters. The van der Waals surface area contributed by atoms with Gasteiger partial charge in [0, 0.05) is 0 Å². The van der Waals surface area contributed by atoms with E-state index in [9.17, 15) is 0 Å². The Bertz CT molecular complexity index is 335. The molecule has 0 saturated heterocycles. The zero-order valence-electron chi connectivity index (χ0n) is 9.73. The van der Waals surface area contributed by atoms with E-state index in [1.165, 1.54) is 5.32 Å². The molecule has 0 spiro atoms. The van der Waals surface area contributed by atoms with Gasteiger partial charge in [-0.05, 0) is 0 Å². The molecule has 0 bridgehead atoms. The summed E-state index contributed by atoms with van der Waals surface area (Å²) in [5.74, 6) is 1.96. The summed E-state index contributed by atoms with van der Waals surface area (Å²) >= 11 is 0. The Morgan fingerprint density at radius 3 is 2.06 bits per heavy atom. The van der Waals surface area contributed by atoms with Gasteiger partial charge in [-0.1, -0.05) is 0 Å². The van der Waals surface area contributed by atoms with Crippen LogP contribution in [0.2, 0.25) is 18.1 Å². The third kappa shape index (κ3) is 2.89. The van der Waals surface area contributed by atoms with E-state index in [4.69, 9.17) is 0 Å². The molecule has 0 fully saturated rings. The fraction of sp³-hybridized carbons (Fsp3) is 0.231. The number of rotatable bonds is 7. The minimum atomic E-state index is -1.64. The number of hydrogen-bond acceptors (Lipinski definition) is 1. The quantitative estimate of drug-likeness (QED) is 0.515. The Balaban J connectivity index is 3.13. The average molecular weight is 227 g/mol. The van der Waals surface area contributed by atoms with Gasteiger partial charge >= 0.3 is 99.5 Å². The zero-order chi connectivity index (χ0) is 11.9. The van der Waals surface area contributed by atoms with Gasteiger partial charge in [-0.15, -0.1) is 0 Å². The summed E-state index contributed by atoms with van der Waals surface area (Å²) in [6.07, 6.45) is 6.02. The molecule has 0 atom stereocenters. The van der Waals surface area contributed by atoms with Crippen LogP contribution in [-0.4, -0.2) is 20.0 Å². The molecule has 0 saturated carbocycles. The molecular weight excluding hydrogens is 209 g/mol. The zero-order valence-corrected chi connectivity index (χ0v) is 10.7. The second-order valence-corrected chi connectivity index (χ2v) is 8.27. The van der Waals surface area contributed by atoms with E-state index < -0.39 is 8.07 Å². The number of nitrogens with zero attached hydrogens (tertiary/aromatic N) is 1. The van der Waals surface area contributed by atoms with Crippen molar-refractivity contribution in [3.63, 3.8) is 0 Å². The van der Waals surface area contributed by atoms with Crippen LogP contribution >= 0.6 is 0 Å². The van der Waals surface area contributed by atoms with Crippen molar-refractivity contribution < 1.29 is 0 Å². The molecular formula is C13H18BNSi. The second-order valence-electron chi connectivity index (χ2n) is 3.97. The predicted molar refractivity (Wildman–Crippen MR) is 76.0 cm³/mol. The van der Waals surface area contributed by atoms with Gasteiger partial charge in [-0.3, -0.25) is 0 Å². The molecule has 3 heteroatoms. The SMILES string of the molecule is C=CC[Si](CC=C)(CC=C)c1cccbn1. The Hall–Kier alpha value is -1.22. The Kier molecular flexibility index (Phi) is 5.13. The van der Waals surface area contributed by atoms with Gasteiger partial charge in [0.25, 0.3) is 0 Å². The topological polar surface area (TPSA) is 12.9 Å². The van der Waals surface area contributed by atoms with Crippen molar-refractivity contribution in [3.8, 4) is 0 Å². The van der Waals surface area contributed by atoms with Crippen molar-refractivity contribution in [2.75, 3.05) is 0 Å². The van der Waals surface area contributed by atoms with Crippen LogP contribution in [0.5, 0.6) is 0 Å². The van der Waals surface area contributed by atoms with E-state index in [0.717, 1.165) is 18.1 Å². The summed E-state index contributed by atoms with van der Waals surface area (Å²) in [5.41, 5.74) is 0. The molecule has 1 aromatic heterocycles. The maximum atomic E-state index is 4.53. The van der Waals surface area contributed by atoms with Crippen LogP contribution in [-0.2, 0) is 0 Å². The summed E-state index contributed by atoms with van der Waals surface area (Å²) in [4.78, 5) is 4.53. The first kappa shape index (κ1) is 12.8. The molecule has 0 N–H and O–H groups in total. The summed E-state index contributed by atoms with van der Waals surface area (Å²) < 4.78 is 0. The molecule has 0 aliphatic carbocycles. The van der Waals surface area contributed by atoms with Crippen molar-refractivity contribution in [1.29, 1.82) is 0 Å². The molecule has 0 aliphatic rings. The molecule has 0 radical (unpaired) electrons. The summed E-state index contributed by atoms with van der Waals surface area (Å²) in [6, 6.07) is 7.27. The first-order valence-electron chi connectivity index (χ1n) is 5.53. The average Bonchev–Trinajstić information content (AvgIpc) is 2.31. The van der Waals surface area contributed by atoms with E-state index >= 15 is 0 Å². The summed E-state index contributed by atoms with van der Waals surface area (Å²) in [7, 11) is 0.231. The van der Waals surface area contributed by atoms with Gasteiger partial charge in [0.1, 0.15) is 0 Å². The number of aromatic nitrogens is 1. The first-order chi connectivity index (χ1) is 7.79. The minimum absolute atomic E-state index is 1.03. The molecule has 16 heavy (non-hydrogen) atoms. The van der Waals surface area contributed by atoms with E-state index in [-0.39, 0.29) is 0 Å². The van der Waals surface area contributed by atoms with Crippen LogP contribution in [0.1, 0.15) is 0 Å². The first-order valence-corrected chi connectivity index (χ1v) is 8.15. The van der Waals surface area contributed by atoms with Gasteiger partial charge in [-0.25, -0.2) is 0 Å². The van der Waals surface area contributed by atoms with Gasteiger partial charge in [0.05, 0.1) is 0 Å². The normalized spacial score (nSPS) is 10.5. The molecule has 82 valence electrons. The molecule has 0 aromatic carbocycles. The Labute approximate surface area is 99.9 Å². The standard InChI is InChI=1S/C13H18BNSi/c1-4-10-16(11-5-2,12-6-3)13-8-7-9-14-15-13/h4-9H,1-3,10-12H2. The number of hydrogen-bond donors (Lipinski definition) is 0. The Morgan fingerprint density at radius 2 is 1.69 bits per heavy atom. The third-order valence-corrected chi connectivity index (χ3v) is 7.41. The fourth-order valence-electron chi connectivity index (χ4n) is 2.07. The van der Waals surface area contributed by atoms with Crippen molar-refractivity contribution in [2.24, 2.45) is 0 Å². The molecule has 1 aromatic rings. The maximum absolute atomic E-state index is 4.53. The van der Waals surface area contributed by atoms with E-state index in [0.29, 0.717) is 0 Å². The van der Waals surface area contributed by atoms with Crippen molar-refractivity contribution in [1.82, 2.24) is 4.89 Å². The third-order valence-electron chi connectivity index (χ3n) is 2.81. The molecule has 0 amide bonds. The summed E-state index contributed by atoms with van der Waals surface area (Å²) in [5, 5.41) is 1.23. The van der Waals surface area contributed by atoms with Crippen LogP contribution in [0, 0.1) is 0 Å². The Morgan fingerprint density at radius 1 is 1.12 bits per heavy atom. The van der Waals surface area contributed by atoms with Crippen molar-refractivity contribution in [3.05, 3.63) is 56.1 Å². The van der Waals surface area contributed by atoms with Crippen molar-refractivity contribution >= 4 is 20.4 Å². The van der Waals surface area contributed by atoms with Gasteiger partial charge in [0.15, 0.2) is 0 Å². The second kappa shape index (κ2) is 6.38. The van der Waals surface area contributed by atoms with Gasteiger partial charge in [-0.2, -0.15) is 0 Å². The number of allylic oxidation sites excluding steroid dienone is 3. The van der Waals surface area contributed by atoms with Crippen LogP contribution in [0.4, 0.5) is 0 Å². The van der Waals surface area contributed by atoms with Crippen LogP contribution < -0.4 is 5.32 Å². The van der Waals surface area contributed by atoms with Gasteiger partial charge < -0.3 is 0 Å². The van der Waals surface area contributed by atoms with E-state index in [1.807, 2.05) is 31.2 Å². The summed E-state index contributed by atoms with van der Waals surface area (Å²) in [6.45, 7) is 11.6. The van der Waals surface area contributed by atoms with Crippen molar-refractivity contribution in [2.45, 2.75) is 18.1 Å². The van der Waals surface area contributed by atoms with Crippen LogP contribution in [0.3, 0.4) is 0 Å². The fourth-order valence-corrected chi connectivity index (χ4v) is 5.65. The molecule has 1 heterocycles. The monoisotopic (exact) mass is 227 g/mol. The molecule has 1 nitrogen and oxygen atoms in total. The molecule has 1 rings (SSSR count). The van der Waals surface area contributed by atoms with Gasteiger partial charge in [0.2, 0.25) is 0 Å². The van der Waals surface area contributed by atoms with Crippen LogP contribution in [0.15, 0.2) is 56.1 Å². The molecule has 0 aliphatic heterocycles.